The van der Waals surface area contributed by atoms with Crippen LogP contribution in [0.2, 0.25) is 0 Å². The van der Waals surface area contributed by atoms with Crippen LogP contribution in [0.1, 0.15) is 15.9 Å². The van der Waals surface area contributed by atoms with Crippen LogP contribution in [0.5, 0.6) is 0 Å². The Kier molecular flexibility index (Phi) is 5.42. The molecular weight excluding hydrogens is 232 g/mol. The Balaban J connectivity index is 2.62. The molecule has 18 heavy (non-hydrogen) atoms. The van der Waals surface area contributed by atoms with Crippen LogP contribution in [-0.2, 0) is 4.79 Å². The lowest BCUT2D eigenvalue weighted by Crippen LogP contribution is -2.35. The molecule has 1 aromatic carbocycles. The first-order valence-electron chi connectivity index (χ1n) is 5.36. The van der Waals surface area contributed by atoms with E-state index in [1.54, 1.807) is 24.3 Å². The van der Waals surface area contributed by atoms with E-state index in [9.17, 15) is 9.59 Å². The molecule has 0 saturated carbocycles. The fourth-order valence-corrected chi connectivity index (χ4v) is 1.20. The summed E-state index contributed by atoms with van der Waals surface area (Å²) in [6.45, 7) is -0.254. The maximum absolute atomic E-state index is 11.6. The number of nitrogens with one attached hydrogen (secondary N) is 2. The zero-order valence-corrected chi connectivity index (χ0v) is 9.99. The largest absolute Gasteiger partial charge is 0.384 e. The summed E-state index contributed by atoms with van der Waals surface area (Å²) in [6, 6.07) is 6.58. The van der Waals surface area contributed by atoms with Crippen molar-refractivity contribution in [3.63, 3.8) is 0 Å². The summed E-state index contributed by atoms with van der Waals surface area (Å²) in [5.41, 5.74) is 1.17. The molecule has 3 N–H and O–H groups in total. The quantitative estimate of drug-likeness (QED) is 0.629. The number of hydrogen-bond donors (Lipinski definition) is 3. The van der Waals surface area contributed by atoms with E-state index in [1.165, 1.54) is 7.05 Å². The van der Waals surface area contributed by atoms with Crippen LogP contribution >= 0.6 is 0 Å². The molecule has 5 heteroatoms. The van der Waals surface area contributed by atoms with Crippen molar-refractivity contribution < 1.29 is 14.7 Å². The van der Waals surface area contributed by atoms with Gasteiger partial charge in [-0.05, 0) is 24.3 Å². The lowest BCUT2D eigenvalue weighted by Gasteiger charge is -2.04. The highest BCUT2D eigenvalue weighted by Gasteiger charge is 2.06. The maximum Gasteiger partial charge on any atom is 0.251 e. The lowest BCUT2D eigenvalue weighted by atomic mass is 10.1. The molecule has 0 aromatic heterocycles. The smallest absolute Gasteiger partial charge is 0.251 e. The van der Waals surface area contributed by atoms with Crippen LogP contribution in [0.25, 0.3) is 0 Å². The van der Waals surface area contributed by atoms with Crippen molar-refractivity contribution in [2.24, 2.45) is 0 Å². The van der Waals surface area contributed by atoms with Gasteiger partial charge in [0.05, 0.1) is 6.54 Å². The Hall–Kier alpha value is -2.32. The predicted molar refractivity (Wildman–Crippen MR) is 66.8 cm³/mol. The molecule has 5 nitrogen and oxygen atoms in total. The first-order valence-corrected chi connectivity index (χ1v) is 5.36. The molecular formula is C13H14N2O3. The van der Waals surface area contributed by atoms with Gasteiger partial charge in [-0.25, -0.2) is 0 Å². The maximum atomic E-state index is 11.6. The van der Waals surface area contributed by atoms with Gasteiger partial charge in [-0.1, -0.05) is 11.8 Å². The summed E-state index contributed by atoms with van der Waals surface area (Å²) in [4.78, 5) is 22.6. The van der Waals surface area contributed by atoms with E-state index in [1.807, 2.05) is 0 Å². The van der Waals surface area contributed by atoms with Crippen LogP contribution < -0.4 is 10.6 Å². The number of likely N-dealkylation sites (N-methyl/N-ethyl adjacent to an activating group) is 1. The fraction of sp³-hybridized carbons (Fsp3) is 0.231. The van der Waals surface area contributed by atoms with E-state index in [4.69, 9.17) is 5.11 Å². The SMILES string of the molecule is CNC(=O)CNC(=O)c1ccc(C#CCO)cc1. The number of hydrogen-bond acceptors (Lipinski definition) is 3. The van der Waals surface area contributed by atoms with Gasteiger partial charge in [-0.15, -0.1) is 0 Å². The van der Waals surface area contributed by atoms with Crippen molar-refractivity contribution in [3.8, 4) is 11.8 Å². The second-order valence-corrected chi connectivity index (χ2v) is 3.39. The number of amides is 2. The van der Waals surface area contributed by atoms with Gasteiger partial charge in [0.25, 0.3) is 5.91 Å². The van der Waals surface area contributed by atoms with Gasteiger partial charge < -0.3 is 15.7 Å². The summed E-state index contributed by atoms with van der Waals surface area (Å²) in [5.74, 6) is 4.66. The second kappa shape index (κ2) is 7.09. The number of rotatable bonds is 3. The standard InChI is InChI=1S/C13H14N2O3/c1-14-12(17)9-15-13(18)11-6-4-10(5-7-11)3-2-8-16/h4-7,16H,8-9H2,1H3,(H,14,17)(H,15,18). The van der Waals surface area contributed by atoms with Gasteiger partial charge in [-0.3, -0.25) is 9.59 Å². The Morgan fingerprint density at radius 2 is 1.94 bits per heavy atom. The van der Waals surface area contributed by atoms with Gasteiger partial charge in [0.2, 0.25) is 5.91 Å². The Morgan fingerprint density at radius 3 is 2.50 bits per heavy atom. The molecule has 94 valence electrons. The van der Waals surface area contributed by atoms with Crippen molar-refractivity contribution >= 4 is 11.8 Å². The summed E-state index contributed by atoms with van der Waals surface area (Å²) in [6.07, 6.45) is 0. The average Bonchev–Trinajstić information content (AvgIpc) is 2.42. The van der Waals surface area contributed by atoms with Crippen molar-refractivity contribution in [1.29, 1.82) is 0 Å². The van der Waals surface area contributed by atoms with Gasteiger partial charge >= 0.3 is 0 Å². The molecule has 0 aliphatic heterocycles. The highest BCUT2D eigenvalue weighted by Crippen LogP contribution is 2.03. The molecule has 0 unspecified atom stereocenters. The van der Waals surface area contributed by atoms with Crippen molar-refractivity contribution in [1.82, 2.24) is 10.6 Å². The molecule has 0 saturated heterocycles. The second-order valence-electron chi connectivity index (χ2n) is 3.39. The van der Waals surface area contributed by atoms with Crippen LogP contribution in [0.3, 0.4) is 0 Å². The average molecular weight is 246 g/mol. The summed E-state index contributed by atoms with van der Waals surface area (Å²) < 4.78 is 0. The Labute approximate surface area is 105 Å². The Bertz CT molecular complexity index is 483. The summed E-state index contributed by atoms with van der Waals surface area (Å²) in [5, 5.41) is 13.4. The van der Waals surface area contributed by atoms with E-state index in [0.29, 0.717) is 11.1 Å². The van der Waals surface area contributed by atoms with E-state index >= 15 is 0 Å². The van der Waals surface area contributed by atoms with E-state index < -0.39 is 0 Å². The minimum absolute atomic E-state index is 0.0542. The minimum Gasteiger partial charge on any atom is -0.384 e. The van der Waals surface area contributed by atoms with Gasteiger partial charge in [0, 0.05) is 18.2 Å². The van der Waals surface area contributed by atoms with E-state index in [-0.39, 0.29) is 25.0 Å². The first-order chi connectivity index (χ1) is 8.67. The van der Waals surface area contributed by atoms with Gasteiger partial charge in [0.1, 0.15) is 6.61 Å². The monoisotopic (exact) mass is 246 g/mol. The molecule has 0 spiro atoms. The number of carbonyl (C=O) groups excluding carboxylic acids is 2. The molecule has 2 amide bonds. The van der Waals surface area contributed by atoms with E-state index in [2.05, 4.69) is 22.5 Å². The van der Waals surface area contributed by atoms with Gasteiger partial charge in [0.15, 0.2) is 0 Å². The molecule has 0 bridgehead atoms. The normalized spacial score (nSPS) is 9.00. The van der Waals surface area contributed by atoms with E-state index in [0.717, 1.165) is 0 Å². The molecule has 0 atom stereocenters. The highest BCUT2D eigenvalue weighted by molar-refractivity contribution is 5.96. The zero-order valence-electron chi connectivity index (χ0n) is 9.99. The molecule has 1 rings (SSSR count). The molecule has 0 aliphatic carbocycles. The first kappa shape index (κ1) is 13.7. The number of benzene rings is 1. The number of aliphatic hydroxyl groups is 1. The summed E-state index contributed by atoms with van der Waals surface area (Å²) >= 11 is 0. The molecule has 0 radical (unpaired) electrons. The number of aliphatic hydroxyl groups excluding tert-OH is 1. The fourth-order valence-electron chi connectivity index (χ4n) is 1.20. The van der Waals surface area contributed by atoms with Crippen LogP contribution in [0, 0.1) is 11.8 Å². The van der Waals surface area contributed by atoms with Crippen molar-refractivity contribution in [3.05, 3.63) is 35.4 Å². The molecule has 0 aliphatic rings. The summed E-state index contributed by atoms with van der Waals surface area (Å²) in [7, 11) is 1.50. The van der Waals surface area contributed by atoms with Crippen molar-refractivity contribution in [2.75, 3.05) is 20.2 Å². The molecule has 0 heterocycles. The lowest BCUT2D eigenvalue weighted by molar-refractivity contribution is -0.119. The van der Waals surface area contributed by atoms with Gasteiger partial charge in [-0.2, -0.15) is 0 Å². The molecule has 0 fully saturated rings. The number of carbonyl (C=O) groups is 2. The third-order valence-corrected chi connectivity index (χ3v) is 2.15. The topological polar surface area (TPSA) is 78.4 Å². The minimum atomic E-state index is -0.319. The van der Waals surface area contributed by atoms with Crippen LogP contribution in [0.15, 0.2) is 24.3 Å². The third kappa shape index (κ3) is 4.28. The highest BCUT2D eigenvalue weighted by atomic mass is 16.2. The van der Waals surface area contributed by atoms with Crippen molar-refractivity contribution in [2.45, 2.75) is 0 Å². The third-order valence-electron chi connectivity index (χ3n) is 2.15. The van der Waals surface area contributed by atoms with Crippen LogP contribution in [-0.4, -0.2) is 37.1 Å². The van der Waals surface area contributed by atoms with Crippen LogP contribution in [0.4, 0.5) is 0 Å². The molecule has 1 aromatic rings. The zero-order chi connectivity index (χ0) is 13.4. The Morgan fingerprint density at radius 1 is 1.28 bits per heavy atom. The predicted octanol–water partition coefficient (Wildman–Crippen LogP) is -0.494.